The van der Waals surface area contributed by atoms with Gasteiger partial charge in [-0.15, -0.1) is 0 Å². The number of hydrogen-bond acceptors (Lipinski definition) is 4. The van der Waals surface area contributed by atoms with Crippen molar-refractivity contribution < 1.29 is 13.6 Å². The van der Waals surface area contributed by atoms with E-state index in [1.54, 1.807) is 43.4 Å². The number of anilines is 2. The van der Waals surface area contributed by atoms with Gasteiger partial charge in [0.15, 0.2) is 5.58 Å². The van der Waals surface area contributed by atoms with Crippen molar-refractivity contribution in [1.82, 2.24) is 4.57 Å². The maximum Gasteiger partial charge on any atom is 0.419 e. The van der Waals surface area contributed by atoms with Crippen molar-refractivity contribution in [3.05, 3.63) is 58.8 Å². The van der Waals surface area contributed by atoms with Crippen LogP contribution in [0.4, 0.5) is 15.8 Å². The molecule has 1 aromatic heterocycles. The fourth-order valence-electron chi connectivity index (χ4n) is 3.14. The quantitative estimate of drug-likeness (QED) is 0.795. The van der Waals surface area contributed by atoms with Gasteiger partial charge in [0.1, 0.15) is 11.9 Å². The SMILES string of the molecule is Cn1c(=O)oc2ccc(N[C@@H]3CCN(c4ccccc4F)C3=O)cc21. The number of benzene rings is 2. The number of oxazole rings is 1. The lowest BCUT2D eigenvalue weighted by Crippen LogP contribution is -2.33. The highest BCUT2D eigenvalue weighted by Gasteiger charge is 2.33. The molecule has 7 heteroatoms. The Balaban J connectivity index is 1.58. The standard InChI is InChI=1S/C18H16FN3O3/c1-21-15-10-11(6-7-16(15)25-18(21)24)20-13-8-9-22(17(13)23)14-5-3-2-4-12(14)19/h2-7,10,13,20H,8-9H2,1H3/t13-/m1/s1. The van der Waals surface area contributed by atoms with Crippen LogP contribution in [0, 0.1) is 5.82 Å². The van der Waals surface area contributed by atoms with Gasteiger partial charge in [-0.3, -0.25) is 9.36 Å². The third kappa shape index (κ3) is 2.57. The third-order valence-electron chi connectivity index (χ3n) is 4.48. The smallest absolute Gasteiger partial charge is 0.408 e. The van der Waals surface area contributed by atoms with Crippen LogP contribution in [0.5, 0.6) is 0 Å². The summed E-state index contributed by atoms with van der Waals surface area (Å²) in [6, 6.07) is 11.0. The number of carbonyl (C=O) groups excluding carboxylic acids is 1. The van der Waals surface area contributed by atoms with Gasteiger partial charge in [0.2, 0.25) is 5.91 Å². The lowest BCUT2D eigenvalue weighted by molar-refractivity contribution is -0.117. The van der Waals surface area contributed by atoms with E-state index in [1.807, 2.05) is 0 Å². The highest BCUT2D eigenvalue weighted by Crippen LogP contribution is 2.27. The topological polar surface area (TPSA) is 67.5 Å². The fraction of sp³-hybridized carbons (Fsp3) is 0.222. The molecule has 1 fully saturated rings. The second-order valence-corrected chi connectivity index (χ2v) is 6.04. The molecular formula is C18H16FN3O3. The van der Waals surface area contributed by atoms with Crippen molar-refractivity contribution in [1.29, 1.82) is 0 Å². The minimum absolute atomic E-state index is 0.175. The van der Waals surface area contributed by atoms with E-state index in [0.717, 1.165) is 0 Å². The number of hydrogen-bond donors (Lipinski definition) is 1. The molecule has 3 aromatic rings. The zero-order valence-electron chi connectivity index (χ0n) is 13.5. The van der Waals surface area contributed by atoms with Crippen LogP contribution in [-0.4, -0.2) is 23.1 Å². The van der Waals surface area contributed by atoms with Crippen molar-refractivity contribution in [3.63, 3.8) is 0 Å². The molecule has 128 valence electrons. The molecule has 1 N–H and O–H groups in total. The highest BCUT2D eigenvalue weighted by molar-refractivity contribution is 6.01. The Kier molecular flexibility index (Phi) is 3.56. The van der Waals surface area contributed by atoms with E-state index in [9.17, 15) is 14.0 Å². The summed E-state index contributed by atoms with van der Waals surface area (Å²) in [5, 5.41) is 3.17. The van der Waals surface area contributed by atoms with E-state index in [1.165, 1.54) is 15.5 Å². The Bertz CT molecular complexity index is 1020. The van der Waals surface area contributed by atoms with Gasteiger partial charge < -0.3 is 14.6 Å². The maximum absolute atomic E-state index is 13.9. The second kappa shape index (κ2) is 5.77. The number of amides is 1. The van der Waals surface area contributed by atoms with Crippen molar-refractivity contribution >= 4 is 28.4 Å². The summed E-state index contributed by atoms with van der Waals surface area (Å²) in [6.07, 6.45) is 0.565. The molecule has 1 saturated heterocycles. The minimum atomic E-state index is -0.444. The Morgan fingerprint density at radius 3 is 2.80 bits per heavy atom. The molecule has 0 saturated carbocycles. The maximum atomic E-state index is 13.9. The molecule has 2 aromatic carbocycles. The van der Waals surface area contributed by atoms with E-state index in [-0.39, 0.29) is 5.91 Å². The summed E-state index contributed by atoms with van der Waals surface area (Å²) in [5.41, 5.74) is 2.14. The van der Waals surface area contributed by atoms with Crippen LogP contribution in [0.2, 0.25) is 0 Å². The van der Waals surface area contributed by atoms with Crippen molar-refractivity contribution in [2.45, 2.75) is 12.5 Å². The minimum Gasteiger partial charge on any atom is -0.408 e. The van der Waals surface area contributed by atoms with Gasteiger partial charge in [-0.25, -0.2) is 9.18 Å². The van der Waals surface area contributed by atoms with Crippen molar-refractivity contribution in [2.75, 3.05) is 16.8 Å². The monoisotopic (exact) mass is 341 g/mol. The van der Waals surface area contributed by atoms with Gasteiger partial charge in [-0.1, -0.05) is 12.1 Å². The molecule has 1 atom stereocenters. The summed E-state index contributed by atoms with van der Waals surface area (Å²) in [5.74, 6) is -1.02. The number of aromatic nitrogens is 1. The first-order valence-corrected chi connectivity index (χ1v) is 7.96. The van der Waals surface area contributed by atoms with Crippen LogP contribution in [0.1, 0.15) is 6.42 Å². The zero-order valence-corrected chi connectivity index (χ0v) is 13.5. The second-order valence-electron chi connectivity index (χ2n) is 6.04. The number of nitrogens with zero attached hydrogens (tertiary/aromatic N) is 2. The highest BCUT2D eigenvalue weighted by atomic mass is 19.1. The predicted molar refractivity (Wildman–Crippen MR) is 92.2 cm³/mol. The molecule has 4 rings (SSSR count). The van der Waals surface area contributed by atoms with Gasteiger partial charge in [0.05, 0.1) is 11.2 Å². The average Bonchev–Trinajstić information content (AvgIpc) is 3.09. The number of nitrogens with one attached hydrogen (secondary N) is 1. The normalized spacial score (nSPS) is 17.4. The Labute approximate surface area is 142 Å². The van der Waals surface area contributed by atoms with Crippen LogP contribution >= 0.6 is 0 Å². The number of rotatable bonds is 3. The third-order valence-corrected chi connectivity index (χ3v) is 4.48. The molecule has 0 unspecified atom stereocenters. The molecule has 1 amide bonds. The molecular weight excluding hydrogens is 325 g/mol. The van der Waals surface area contributed by atoms with Gasteiger partial charge in [-0.2, -0.15) is 0 Å². The molecule has 25 heavy (non-hydrogen) atoms. The lowest BCUT2D eigenvalue weighted by Gasteiger charge is -2.18. The van der Waals surface area contributed by atoms with Gasteiger partial charge in [0.25, 0.3) is 0 Å². The fourth-order valence-corrected chi connectivity index (χ4v) is 3.14. The molecule has 1 aliphatic rings. The first-order valence-electron chi connectivity index (χ1n) is 7.96. The molecule has 6 nitrogen and oxygen atoms in total. The van der Waals surface area contributed by atoms with E-state index >= 15 is 0 Å². The van der Waals surface area contributed by atoms with Gasteiger partial charge in [0, 0.05) is 19.3 Å². The predicted octanol–water partition coefficient (Wildman–Crippen LogP) is 2.49. The van der Waals surface area contributed by atoms with Crippen LogP contribution in [0.3, 0.4) is 0 Å². The summed E-state index contributed by atoms with van der Waals surface area (Å²) in [4.78, 5) is 25.6. The van der Waals surface area contributed by atoms with Crippen LogP contribution in [0.15, 0.2) is 51.7 Å². The van der Waals surface area contributed by atoms with Crippen LogP contribution in [-0.2, 0) is 11.8 Å². The summed E-state index contributed by atoms with van der Waals surface area (Å²) in [6.45, 7) is 0.448. The molecule has 0 bridgehead atoms. The molecule has 0 spiro atoms. The van der Waals surface area contributed by atoms with Crippen LogP contribution < -0.4 is 16.0 Å². The van der Waals surface area contributed by atoms with Crippen molar-refractivity contribution in [2.24, 2.45) is 7.05 Å². The van der Waals surface area contributed by atoms with Gasteiger partial charge >= 0.3 is 5.76 Å². The number of fused-ring (bicyclic) bond motifs is 1. The van der Waals surface area contributed by atoms with Gasteiger partial charge in [-0.05, 0) is 36.8 Å². The van der Waals surface area contributed by atoms with E-state index < -0.39 is 17.6 Å². The number of halogens is 1. The number of aryl methyl sites for hydroxylation is 1. The number of carbonyl (C=O) groups is 1. The summed E-state index contributed by atoms with van der Waals surface area (Å²) < 4.78 is 20.4. The number of para-hydroxylation sites is 1. The molecule has 0 aliphatic carbocycles. The van der Waals surface area contributed by atoms with E-state index in [4.69, 9.17) is 4.42 Å². The lowest BCUT2D eigenvalue weighted by atomic mass is 10.2. The van der Waals surface area contributed by atoms with E-state index in [0.29, 0.717) is 35.4 Å². The Hall–Kier alpha value is -3.09. The Morgan fingerprint density at radius 1 is 1.20 bits per heavy atom. The summed E-state index contributed by atoms with van der Waals surface area (Å²) in [7, 11) is 1.62. The Morgan fingerprint density at radius 2 is 2.00 bits per heavy atom. The molecule has 2 heterocycles. The molecule has 0 radical (unpaired) electrons. The van der Waals surface area contributed by atoms with E-state index in [2.05, 4.69) is 5.32 Å². The first-order chi connectivity index (χ1) is 12.0. The van der Waals surface area contributed by atoms with Crippen LogP contribution in [0.25, 0.3) is 11.1 Å². The summed E-state index contributed by atoms with van der Waals surface area (Å²) >= 11 is 0. The zero-order chi connectivity index (χ0) is 17.6. The largest absolute Gasteiger partial charge is 0.419 e. The van der Waals surface area contributed by atoms with Crippen molar-refractivity contribution in [3.8, 4) is 0 Å². The first kappa shape index (κ1) is 15.4. The average molecular weight is 341 g/mol. The molecule has 1 aliphatic heterocycles.